The Morgan fingerprint density at radius 1 is 1.38 bits per heavy atom. The molecular formula is C16H21ClN2O2. The van der Waals surface area contributed by atoms with Crippen LogP contribution in [0, 0.1) is 0 Å². The van der Waals surface area contributed by atoms with Gasteiger partial charge < -0.3 is 14.7 Å². The van der Waals surface area contributed by atoms with Crippen molar-refractivity contribution in [2.75, 3.05) is 20.7 Å². The van der Waals surface area contributed by atoms with Gasteiger partial charge in [-0.15, -0.1) is 0 Å². The fraction of sp³-hybridized carbons (Fsp3) is 0.438. The summed E-state index contributed by atoms with van der Waals surface area (Å²) < 4.78 is 5.20. The monoisotopic (exact) mass is 308 g/mol. The molecule has 0 spiro atoms. The van der Waals surface area contributed by atoms with Crippen LogP contribution in [0.25, 0.3) is 10.9 Å². The number of pyridine rings is 1. The molecule has 5 heteroatoms. The Hall–Kier alpha value is -1.36. The van der Waals surface area contributed by atoms with Gasteiger partial charge in [0.1, 0.15) is 10.9 Å². The first-order valence-corrected chi connectivity index (χ1v) is 7.37. The zero-order valence-corrected chi connectivity index (χ0v) is 13.4. The van der Waals surface area contributed by atoms with Crippen molar-refractivity contribution in [1.82, 2.24) is 9.88 Å². The van der Waals surface area contributed by atoms with Crippen molar-refractivity contribution in [3.8, 4) is 5.75 Å². The molecule has 0 saturated carbocycles. The van der Waals surface area contributed by atoms with Crippen LogP contribution in [-0.2, 0) is 6.54 Å². The third-order valence-electron chi connectivity index (χ3n) is 3.42. The summed E-state index contributed by atoms with van der Waals surface area (Å²) in [7, 11) is 3.64. The number of aromatic nitrogens is 1. The second-order valence-electron chi connectivity index (χ2n) is 5.37. The maximum atomic E-state index is 9.34. The van der Waals surface area contributed by atoms with Crippen LogP contribution in [0.4, 0.5) is 0 Å². The molecule has 0 aliphatic heterocycles. The summed E-state index contributed by atoms with van der Waals surface area (Å²) in [5.41, 5.74) is 1.82. The Morgan fingerprint density at radius 2 is 2.14 bits per heavy atom. The van der Waals surface area contributed by atoms with E-state index in [1.807, 2.05) is 25.2 Å². The van der Waals surface area contributed by atoms with E-state index in [0.717, 1.165) is 35.2 Å². The molecule has 0 aliphatic rings. The second kappa shape index (κ2) is 7.07. The van der Waals surface area contributed by atoms with E-state index in [9.17, 15) is 5.11 Å². The van der Waals surface area contributed by atoms with Crippen LogP contribution in [0.2, 0.25) is 5.15 Å². The minimum atomic E-state index is -0.287. The maximum Gasteiger partial charge on any atom is 0.134 e. The van der Waals surface area contributed by atoms with Gasteiger partial charge in [0.2, 0.25) is 0 Å². The molecule has 4 nitrogen and oxygen atoms in total. The van der Waals surface area contributed by atoms with E-state index >= 15 is 0 Å². The van der Waals surface area contributed by atoms with Gasteiger partial charge in [-0.1, -0.05) is 11.6 Å². The average molecular weight is 309 g/mol. The van der Waals surface area contributed by atoms with Gasteiger partial charge in [0, 0.05) is 30.1 Å². The third-order valence-corrected chi connectivity index (χ3v) is 3.75. The summed E-state index contributed by atoms with van der Waals surface area (Å²) >= 11 is 6.28. The van der Waals surface area contributed by atoms with Crippen LogP contribution in [0.1, 0.15) is 18.9 Å². The quantitative estimate of drug-likeness (QED) is 0.833. The van der Waals surface area contributed by atoms with Crippen molar-refractivity contribution in [2.24, 2.45) is 0 Å². The van der Waals surface area contributed by atoms with Gasteiger partial charge in [0.15, 0.2) is 0 Å². The lowest BCUT2D eigenvalue weighted by atomic mass is 10.1. The van der Waals surface area contributed by atoms with E-state index in [-0.39, 0.29) is 6.10 Å². The van der Waals surface area contributed by atoms with Gasteiger partial charge in [-0.05, 0) is 38.6 Å². The highest BCUT2D eigenvalue weighted by Gasteiger charge is 2.09. The molecule has 1 heterocycles. The number of hydrogen-bond donors (Lipinski definition) is 1. The SMILES string of the molecule is COc1ccc2cc(CN(C)CCC(C)O)c(Cl)nc2c1. The smallest absolute Gasteiger partial charge is 0.134 e. The highest BCUT2D eigenvalue weighted by Crippen LogP contribution is 2.24. The number of aliphatic hydroxyl groups excluding tert-OH is 1. The molecule has 2 rings (SSSR count). The molecule has 21 heavy (non-hydrogen) atoms. The molecule has 0 bridgehead atoms. The molecule has 1 unspecified atom stereocenters. The predicted molar refractivity (Wildman–Crippen MR) is 85.9 cm³/mol. The zero-order chi connectivity index (χ0) is 15.4. The highest BCUT2D eigenvalue weighted by atomic mass is 35.5. The van der Waals surface area contributed by atoms with E-state index in [4.69, 9.17) is 16.3 Å². The molecule has 0 amide bonds. The maximum absolute atomic E-state index is 9.34. The fourth-order valence-electron chi connectivity index (χ4n) is 2.18. The Bertz CT molecular complexity index is 616. The standard InChI is InChI=1S/C16H21ClN2O2/c1-11(20)6-7-19(2)10-13-8-12-4-5-14(21-3)9-15(12)18-16(13)17/h4-5,8-9,11,20H,6-7,10H2,1-3H3. The van der Waals surface area contributed by atoms with Crippen molar-refractivity contribution in [2.45, 2.75) is 26.0 Å². The number of methoxy groups -OCH3 is 1. The Balaban J connectivity index is 2.18. The summed E-state index contributed by atoms with van der Waals surface area (Å²) in [5.74, 6) is 0.771. The molecule has 2 aromatic rings. The first kappa shape index (κ1) is 16.0. The number of rotatable bonds is 6. The largest absolute Gasteiger partial charge is 0.497 e. The lowest BCUT2D eigenvalue weighted by Crippen LogP contribution is -2.22. The van der Waals surface area contributed by atoms with Gasteiger partial charge in [-0.2, -0.15) is 0 Å². The topological polar surface area (TPSA) is 45.6 Å². The summed E-state index contributed by atoms with van der Waals surface area (Å²) in [5, 5.41) is 10.9. The molecule has 0 radical (unpaired) electrons. The number of aliphatic hydroxyl groups is 1. The molecule has 0 aliphatic carbocycles. The van der Waals surface area contributed by atoms with Gasteiger partial charge in [-0.25, -0.2) is 4.98 Å². The molecular weight excluding hydrogens is 288 g/mol. The van der Waals surface area contributed by atoms with E-state index in [0.29, 0.717) is 11.7 Å². The van der Waals surface area contributed by atoms with Gasteiger partial charge in [-0.3, -0.25) is 0 Å². The molecule has 1 aromatic carbocycles. The van der Waals surface area contributed by atoms with Crippen molar-refractivity contribution in [1.29, 1.82) is 0 Å². The van der Waals surface area contributed by atoms with Crippen LogP contribution in [0.5, 0.6) is 5.75 Å². The van der Waals surface area contributed by atoms with E-state index in [1.54, 1.807) is 14.0 Å². The van der Waals surface area contributed by atoms with Crippen LogP contribution in [-0.4, -0.2) is 41.8 Å². The van der Waals surface area contributed by atoms with Crippen LogP contribution in [0.3, 0.4) is 0 Å². The van der Waals surface area contributed by atoms with Gasteiger partial charge in [0.25, 0.3) is 0 Å². The normalized spacial score (nSPS) is 12.9. The van der Waals surface area contributed by atoms with Crippen LogP contribution < -0.4 is 4.74 Å². The van der Waals surface area contributed by atoms with E-state index in [2.05, 4.69) is 16.0 Å². The van der Waals surface area contributed by atoms with Gasteiger partial charge in [0.05, 0.1) is 18.7 Å². The average Bonchev–Trinajstić information content (AvgIpc) is 2.45. The zero-order valence-electron chi connectivity index (χ0n) is 12.6. The minimum absolute atomic E-state index is 0.287. The molecule has 0 saturated heterocycles. The Morgan fingerprint density at radius 3 is 2.81 bits per heavy atom. The lowest BCUT2D eigenvalue weighted by Gasteiger charge is -2.18. The van der Waals surface area contributed by atoms with E-state index < -0.39 is 0 Å². The van der Waals surface area contributed by atoms with Crippen molar-refractivity contribution >= 4 is 22.5 Å². The van der Waals surface area contributed by atoms with Crippen molar-refractivity contribution < 1.29 is 9.84 Å². The number of halogens is 1. The summed E-state index contributed by atoms with van der Waals surface area (Å²) in [6.07, 6.45) is 0.455. The Labute approximate surface area is 130 Å². The summed E-state index contributed by atoms with van der Waals surface area (Å²) in [6, 6.07) is 7.83. The van der Waals surface area contributed by atoms with Crippen molar-refractivity contribution in [3.05, 3.63) is 35.0 Å². The molecule has 114 valence electrons. The molecule has 0 fully saturated rings. The molecule has 1 aromatic heterocycles. The summed E-state index contributed by atoms with van der Waals surface area (Å²) in [4.78, 5) is 6.57. The number of ether oxygens (including phenoxy) is 1. The minimum Gasteiger partial charge on any atom is -0.497 e. The molecule has 1 atom stereocenters. The van der Waals surface area contributed by atoms with Crippen molar-refractivity contribution in [3.63, 3.8) is 0 Å². The van der Waals surface area contributed by atoms with E-state index in [1.165, 1.54) is 0 Å². The number of benzene rings is 1. The number of nitrogens with zero attached hydrogens (tertiary/aromatic N) is 2. The molecule has 1 N–H and O–H groups in total. The Kier molecular flexibility index (Phi) is 5.39. The number of fused-ring (bicyclic) bond motifs is 1. The number of hydrogen-bond acceptors (Lipinski definition) is 4. The predicted octanol–water partition coefficient (Wildman–Crippen LogP) is 3.10. The summed E-state index contributed by atoms with van der Waals surface area (Å²) in [6.45, 7) is 3.32. The fourth-order valence-corrected chi connectivity index (χ4v) is 2.39. The van der Waals surface area contributed by atoms with Crippen LogP contribution >= 0.6 is 11.6 Å². The lowest BCUT2D eigenvalue weighted by molar-refractivity contribution is 0.163. The van der Waals surface area contributed by atoms with Gasteiger partial charge >= 0.3 is 0 Å². The van der Waals surface area contributed by atoms with Crippen LogP contribution in [0.15, 0.2) is 24.3 Å². The first-order chi connectivity index (χ1) is 9.99. The highest BCUT2D eigenvalue weighted by molar-refractivity contribution is 6.30. The third kappa shape index (κ3) is 4.30. The first-order valence-electron chi connectivity index (χ1n) is 6.99. The second-order valence-corrected chi connectivity index (χ2v) is 5.73.